The first kappa shape index (κ1) is 17.2. The Balaban J connectivity index is 1.71. The van der Waals surface area contributed by atoms with Crippen LogP contribution in [0.15, 0.2) is 36.1 Å². The van der Waals surface area contributed by atoms with Crippen LogP contribution in [0.5, 0.6) is 0 Å². The second-order valence-corrected chi connectivity index (χ2v) is 7.44. The van der Waals surface area contributed by atoms with Crippen molar-refractivity contribution in [3.8, 4) is 0 Å². The highest BCUT2D eigenvalue weighted by Crippen LogP contribution is 2.44. The lowest BCUT2D eigenvalue weighted by molar-refractivity contribution is -0.137. The molecule has 3 atom stereocenters. The fourth-order valence-electron chi connectivity index (χ4n) is 4.79. The molecule has 0 amide bonds. The number of nitrogens with one attached hydrogen (secondary N) is 1. The Morgan fingerprint density at radius 1 is 1.31 bits per heavy atom. The summed E-state index contributed by atoms with van der Waals surface area (Å²) in [5, 5.41) is 1.33. The minimum Gasteiger partial charge on any atom is -0.504 e. The van der Waals surface area contributed by atoms with Crippen LogP contribution in [0.2, 0.25) is 0 Å². The predicted octanol–water partition coefficient (Wildman–Crippen LogP) is 3.43. The standard InChI is InChI=1S/C21H26N2O3/c1-13-11-23-9-8-15-14-6-4-5-7-18(14)22-20(15)19(23)10-16(13)17(12-25-2)21(24)26-3/h4-7,12-13,16,19,22H,8-11H2,1-3H3/b17-12+/t13-,16-,19-/m0/s1. The van der Waals surface area contributed by atoms with E-state index < -0.39 is 0 Å². The monoisotopic (exact) mass is 354 g/mol. The molecule has 1 N–H and O–H groups in total. The van der Waals surface area contributed by atoms with Gasteiger partial charge in [0.2, 0.25) is 0 Å². The minimum atomic E-state index is -0.287. The first-order valence-corrected chi connectivity index (χ1v) is 9.28. The molecule has 5 nitrogen and oxygen atoms in total. The summed E-state index contributed by atoms with van der Waals surface area (Å²) in [4.78, 5) is 18.5. The summed E-state index contributed by atoms with van der Waals surface area (Å²) in [5.74, 6) is 0.212. The molecule has 2 aromatic rings. The van der Waals surface area contributed by atoms with E-state index in [1.165, 1.54) is 29.3 Å². The molecular weight excluding hydrogens is 328 g/mol. The highest BCUT2D eigenvalue weighted by atomic mass is 16.5. The smallest absolute Gasteiger partial charge is 0.337 e. The SMILES string of the molecule is CO/C=C(/C(=O)OC)[C@H]1C[C@H]2c3[nH]c4ccccc4c3CCN2C[C@@H]1C. The van der Waals surface area contributed by atoms with Crippen LogP contribution in [0.1, 0.15) is 30.6 Å². The zero-order valence-electron chi connectivity index (χ0n) is 15.6. The number of ether oxygens (including phenoxy) is 2. The molecule has 1 aromatic heterocycles. The van der Waals surface area contributed by atoms with Gasteiger partial charge in [-0.05, 0) is 36.3 Å². The highest BCUT2D eigenvalue weighted by Gasteiger charge is 2.41. The van der Waals surface area contributed by atoms with Crippen LogP contribution in [0, 0.1) is 11.8 Å². The molecule has 26 heavy (non-hydrogen) atoms. The van der Waals surface area contributed by atoms with E-state index in [1.54, 1.807) is 13.4 Å². The van der Waals surface area contributed by atoms with Crippen molar-refractivity contribution < 1.29 is 14.3 Å². The summed E-state index contributed by atoms with van der Waals surface area (Å²) in [6.45, 7) is 4.26. The van der Waals surface area contributed by atoms with E-state index in [2.05, 4.69) is 41.1 Å². The van der Waals surface area contributed by atoms with Crippen molar-refractivity contribution in [1.82, 2.24) is 9.88 Å². The minimum absolute atomic E-state index is 0.126. The number of para-hydroxylation sites is 1. The lowest BCUT2D eigenvalue weighted by Gasteiger charge is -2.45. The van der Waals surface area contributed by atoms with Crippen LogP contribution in [-0.2, 0) is 20.7 Å². The molecule has 0 bridgehead atoms. The normalized spacial score (nSPS) is 26.3. The van der Waals surface area contributed by atoms with Crippen LogP contribution in [0.25, 0.3) is 10.9 Å². The first-order valence-electron chi connectivity index (χ1n) is 9.28. The van der Waals surface area contributed by atoms with Crippen molar-refractivity contribution in [2.24, 2.45) is 11.8 Å². The number of methoxy groups -OCH3 is 2. The summed E-state index contributed by atoms with van der Waals surface area (Å²) in [5.41, 5.74) is 4.60. The highest BCUT2D eigenvalue weighted by molar-refractivity contribution is 5.89. The number of esters is 1. The average Bonchev–Trinajstić information content (AvgIpc) is 3.04. The van der Waals surface area contributed by atoms with Crippen LogP contribution >= 0.6 is 0 Å². The Kier molecular flexibility index (Phi) is 4.49. The van der Waals surface area contributed by atoms with Gasteiger partial charge in [-0.2, -0.15) is 0 Å². The summed E-state index contributed by atoms with van der Waals surface area (Å²) >= 11 is 0. The molecule has 3 heterocycles. The van der Waals surface area contributed by atoms with Gasteiger partial charge in [-0.3, -0.25) is 4.90 Å². The zero-order chi connectivity index (χ0) is 18.3. The molecule has 0 radical (unpaired) electrons. The van der Waals surface area contributed by atoms with E-state index in [0.29, 0.717) is 17.5 Å². The van der Waals surface area contributed by atoms with E-state index in [-0.39, 0.29) is 11.9 Å². The van der Waals surface area contributed by atoms with Gasteiger partial charge in [-0.25, -0.2) is 4.79 Å². The third-order valence-electron chi connectivity index (χ3n) is 6.02. The van der Waals surface area contributed by atoms with E-state index in [4.69, 9.17) is 9.47 Å². The van der Waals surface area contributed by atoms with Crippen LogP contribution in [0.3, 0.4) is 0 Å². The summed E-state index contributed by atoms with van der Waals surface area (Å²) in [6.07, 6.45) is 3.54. The topological polar surface area (TPSA) is 54.6 Å². The number of aromatic nitrogens is 1. The summed E-state index contributed by atoms with van der Waals surface area (Å²) in [7, 11) is 3.02. The van der Waals surface area contributed by atoms with Crippen molar-refractivity contribution in [2.75, 3.05) is 27.3 Å². The lowest BCUT2D eigenvalue weighted by Crippen LogP contribution is -2.46. The number of carbonyl (C=O) groups is 1. The molecule has 2 aliphatic rings. The lowest BCUT2D eigenvalue weighted by atomic mass is 9.76. The molecule has 5 heteroatoms. The number of rotatable bonds is 3. The number of piperidine rings is 1. The Morgan fingerprint density at radius 2 is 2.12 bits per heavy atom. The van der Waals surface area contributed by atoms with Gasteiger partial charge in [-0.15, -0.1) is 0 Å². The van der Waals surface area contributed by atoms with Gasteiger partial charge >= 0.3 is 5.97 Å². The molecular formula is C21H26N2O3. The number of aromatic amines is 1. The van der Waals surface area contributed by atoms with E-state index in [1.807, 2.05) is 0 Å². The van der Waals surface area contributed by atoms with Crippen LogP contribution < -0.4 is 0 Å². The van der Waals surface area contributed by atoms with Gasteiger partial charge < -0.3 is 14.5 Å². The maximum absolute atomic E-state index is 12.3. The van der Waals surface area contributed by atoms with Crippen molar-refractivity contribution in [3.05, 3.63) is 47.4 Å². The third-order valence-corrected chi connectivity index (χ3v) is 6.02. The molecule has 1 aromatic carbocycles. The van der Waals surface area contributed by atoms with Gasteiger partial charge in [0.15, 0.2) is 0 Å². The number of hydrogen-bond donors (Lipinski definition) is 1. The van der Waals surface area contributed by atoms with Crippen molar-refractivity contribution in [3.63, 3.8) is 0 Å². The maximum atomic E-state index is 12.3. The van der Waals surface area contributed by atoms with Crippen LogP contribution in [0.4, 0.5) is 0 Å². The first-order chi connectivity index (χ1) is 12.6. The fourth-order valence-corrected chi connectivity index (χ4v) is 4.79. The maximum Gasteiger partial charge on any atom is 0.337 e. The van der Waals surface area contributed by atoms with Gasteiger partial charge in [0.1, 0.15) is 0 Å². The Bertz CT molecular complexity index is 854. The number of H-pyrrole nitrogens is 1. The zero-order valence-corrected chi connectivity index (χ0v) is 15.6. The average molecular weight is 354 g/mol. The van der Waals surface area contributed by atoms with Gasteiger partial charge in [0, 0.05) is 29.7 Å². The molecule has 2 aliphatic heterocycles. The summed E-state index contributed by atoms with van der Waals surface area (Å²) in [6, 6.07) is 8.83. The number of nitrogens with zero attached hydrogens (tertiary/aromatic N) is 1. The molecule has 0 saturated carbocycles. The molecule has 138 valence electrons. The van der Waals surface area contributed by atoms with Gasteiger partial charge in [0.25, 0.3) is 0 Å². The third kappa shape index (κ3) is 2.71. The van der Waals surface area contributed by atoms with Gasteiger partial charge in [0.05, 0.1) is 32.1 Å². The van der Waals surface area contributed by atoms with Crippen molar-refractivity contribution in [1.29, 1.82) is 0 Å². The second-order valence-electron chi connectivity index (χ2n) is 7.44. The summed E-state index contributed by atoms with van der Waals surface area (Å²) < 4.78 is 10.2. The van der Waals surface area contributed by atoms with Crippen molar-refractivity contribution >= 4 is 16.9 Å². The van der Waals surface area contributed by atoms with E-state index in [9.17, 15) is 4.79 Å². The molecule has 0 aliphatic carbocycles. The van der Waals surface area contributed by atoms with Crippen molar-refractivity contribution in [2.45, 2.75) is 25.8 Å². The Hall–Kier alpha value is -2.27. The number of fused-ring (bicyclic) bond motifs is 5. The largest absolute Gasteiger partial charge is 0.504 e. The molecule has 1 fully saturated rings. The molecule has 4 rings (SSSR count). The van der Waals surface area contributed by atoms with Crippen LogP contribution in [-0.4, -0.2) is 43.2 Å². The second kappa shape index (κ2) is 6.80. The quantitative estimate of drug-likeness (QED) is 0.521. The van der Waals surface area contributed by atoms with E-state index in [0.717, 1.165) is 25.9 Å². The fraction of sp³-hybridized carbons (Fsp3) is 0.476. The molecule has 0 spiro atoms. The number of carbonyl (C=O) groups excluding carboxylic acids is 1. The molecule has 1 saturated heterocycles. The predicted molar refractivity (Wildman–Crippen MR) is 101 cm³/mol. The number of benzene rings is 1. The van der Waals surface area contributed by atoms with Gasteiger partial charge in [-0.1, -0.05) is 25.1 Å². The van der Waals surface area contributed by atoms with E-state index >= 15 is 0 Å². The number of hydrogen-bond acceptors (Lipinski definition) is 4. The Labute approximate surface area is 154 Å². The Morgan fingerprint density at radius 3 is 2.88 bits per heavy atom. The molecule has 0 unspecified atom stereocenters.